The average molecular weight is 308 g/mol. The summed E-state index contributed by atoms with van der Waals surface area (Å²) in [6.45, 7) is 0.788. The van der Waals surface area contributed by atoms with Gasteiger partial charge in [0.25, 0.3) is 0 Å². The standard InChI is InChI=1S/C20H20O3/c1-21-18-11-7-16(8-12-18)5-6-17-9-13-19(14-10-17)23-20-4-2-3-15-22-20/h7-14,20H,2-4,15H2,1H3. The Morgan fingerprint density at radius 3 is 2.00 bits per heavy atom. The molecule has 1 saturated heterocycles. The summed E-state index contributed by atoms with van der Waals surface area (Å²) in [5.74, 6) is 7.95. The second-order valence-electron chi connectivity index (χ2n) is 5.42. The summed E-state index contributed by atoms with van der Waals surface area (Å²) in [6.07, 6.45) is 3.13. The molecule has 3 heteroatoms. The zero-order valence-electron chi connectivity index (χ0n) is 13.2. The van der Waals surface area contributed by atoms with E-state index in [1.807, 2.05) is 48.5 Å². The summed E-state index contributed by atoms with van der Waals surface area (Å²) in [6, 6.07) is 15.5. The first kappa shape index (κ1) is 15.5. The van der Waals surface area contributed by atoms with Gasteiger partial charge >= 0.3 is 0 Å². The van der Waals surface area contributed by atoms with Crippen molar-refractivity contribution in [1.82, 2.24) is 0 Å². The van der Waals surface area contributed by atoms with Gasteiger partial charge in [0.2, 0.25) is 0 Å². The summed E-state index contributed by atoms with van der Waals surface area (Å²) in [7, 11) is 1.66. The molecule has 2 aromatic rings. The number of rotatable bonds is 3. The minimum Gasteiger partial charge on any atom is -0.497 e. The molecule has 118 valence electrons. The molecule has 0 N–H and O–H groups in total. The highest BCUT2D eigenvalue weighted by Crippen LogP contribution is 2.19. The molecule has 0 bridgehead atoms. The molecular weight excluding hydrogens is 288 g/mol. The number of methoxy groups -OCH3 is 1. The first-order chi connectivity index (χ1) is 11.3. The summed E-state index contributed by atoms with van der Waals surface area (Å²) in [5, 5.41) is 0. The Labute approximate surface area is 137 Å². The molecule has 3 nitrogen and oxygen atoms in total. The number of hydrogen-bond acceptors (Lipinski definition) is 3. The van der Waals surface area contributed by atoms with Crippen LogP contribution in [-0.4, -0.2) is 20.0 Å². The second-order valence-corrected chi connectivity index (χ2v) is 5.42. The SMILES string of the molecule is COc1ccc(C#Cc2ccc(OC3CCCCO3)cc2)cc1. The van der Waals surface area contributed by atoms with Crippen LogP contribution >= 0.6 is 0 Å². The highest BCUT2D eigenvalue weighted by molar-refractivity contribution is 5.45. The summed E-state index contributed by atoms with van der Waals surface area (Å²) in [4.78, 5) is 0. The zero-order valence-corrected chi connectivity index (χ0v) is 13.2. The highest BCUT2D eigenvalue weighted by atomic mass is 16.7. The van der Waals surface area contributed by atoms with Gasteiger partial charge < -0.3 is 14.2 Å². The van der Waals surface area contributed by atoms with Gasteiger partial charge in [-0.2, -0.15) is 0 Å². The van der Waals surface area contributed by atoms with Crippen molar-refractivity contribution in [1.29, 1.82) is 0 Å². The van der Waals surface area contributed by atoms with Crippen LogP contribution < -0.4 is 9.47 Å². The Morgan fingerprint density at radius 1 is 0.870 bits per heavy atom. The van der Waals surface area contributed by atoms with E-state index in [2.05, 4.69) is 11.8 Å². The third-order valence-corrected chi connectivity index (χ3v) is 3.70. The minimum atomic E-state index is -0.111. The predicted octanol–water partition coefficient (Wildman–Crippen LogP) is 4.00. The van der Waals surface area contributed by atoms with E-state index in [1.165, 1.54) is 0 Å². The van der Waals surface area contributed by atoms with E-state index in [4.69, 9.17) is 14.2 Å². The van der Waals surface area contributed by atoms with Crippen molar-refractivity contribution in [3.8, 4) is 23.3 Å². The third-order valence-electron chi connectivity index (χ3n) is 3.70. The van der Waals surface area contributed by atoms with Gasteiger partial charge in [0.05, 0.1) is 13.7 Å². The maximum atomic E-state index is 5.81. The maximum Gasteiger partial charge on any atom is 0.199 e. The van der Waals surface area contributed by atoms with Gasteiger partial charge in [-0.3, -0.25) is 0 Å². The largest absolute Gasteiger partial charge is 0.497 e. The summed E-state index contributed by atoms with van der Waals surface area (Å²) < 4.78 is 16.5. The Kier molecular flexibility index (Phi) is 5.18. The van der Waals surface area contributed by atoms with Gasteiger partial charge in [-0.05, 0) is 61.4 Å². The van der Waals surface area contributed by atoms with Gasteiger partial charge in [0.15, 0.2) is 6.29 Å². The highest BCUT2D eigenvalue weighted by Gasteiger charge is 2.14. The first-order valence-corrected chi connectivity index (χ1v) is 7.88. The first-order valence-electron chi connectivity index (χ1n) is 7.88. The zero-order chi connectivity index (χ0) is 15.9. The normalized spacial score (nSPS) is 17.0. The maximum absolute atomic E-state index is 5.81. The Morgan fingerprint density at radius 2 is 1.48 bits per heavy atom. The average Bonchev–Trinajstić information content (AvgIpc) is 2.62. The van der Waals surface area contributed by atoms with Crippen LogP contribution in [0.4, 0.5) is 0 Å². The Balaban J connectivity index is 1.61. The molecule has 0 radical (unpaired) electrons. The lowest BCUT2D eigenvalue weighted by molar-refractivity contribution is -0.105. The van der Waals surface area contributed by atoms with Crippen molar-refractivity contribution in [3.05, 3.63) is 59.7 Å². The van der Waals surface area contributed by atoms with Crippen molar-refractivity contribution >= 4 is 0 Å². The fraction of sp³-hybridized carbons (Fsp3) is 0.300. The number of hydrogen-bond donors (Lipinski definition) is 0. The van der Waals surface area contributed by atoms with Crippen LogP contribution in [0.25, 0.3) is 0 Å². The van der Waals surface area contributed by atoms with Crippen LogP contribution in [0.5, 0.6) is 11.5 Å². The van der Waals surface area contributed by atoms with Crippen LogP contribution in [0, 0.1) is 11.8 Å². The lowest BCUT2D eigenvalue weighted by atomic mass is 10.1. The smallest absolute Gasteiger partial charge is 0.199 e. The van der Waals surface area contributed by atoms with E-state index in [9.17, 15) is 0 Å². The Bertz CT molecular complexity index is 672. The third kappa shape index (κ3) is 4.51. The van der Waals surface area contributed by atoms with E-state index in [0.717, 1.165) is 48.5 Å². The molecule has 0 saturated carbocycles. The van der Waals surface area contributed by atoms with E-state index in [-0.39, 0.29) is 6.29 Å². The molecule has 0 amide bonds. The topological polar surface area (TPSA) is 27.7 Å². The van der Waals surface area contributed by atoms with Gasteiger partial charge in [-0.1, -0.05) is 11.8 Å². The van der Waals surface area contributed by atoms with Crippen molar-refractivity contribution in [2.75, 3.05) is 13.7 Å². The predicted molar refractivity (Wildman–Crippen MR) is 89.6 cm³/mol. The minimum absolute atomic E-state index is 0.111. The molecule has 0 spiro atoms. The van der Waals surface area contributed by atoms with Gasteiger partial charge in [0.1, 0.15) is 11.5 Å². The van der Waals surface area contributed by atoms with Gasteiger partial charge in [-0.15, -0.1) is 0 Å². The Hall–Kier alpha value is -2.44. The van der Waals surface area contributed by atoms with Crippen molar-refractivity contribution < 1.29 is 14.2 Å². The molecule has 1 heterocycles. The second kappa shape index (κ2) is 7.71. The molecular formula is C20H20O3. The molecule has 1 aliphatic rings. The molecule has 3 rings (SSSR count). The molecule has 23 heavy (non-hydrogen) atoms. The molecule has 1 aliphatic heterocycles. The number of ether oxygens (including phenoxy) is 3. The molecule has 0 aliphatic carbocycles. The lowest BCUT2D eigenvalue weighted by Gasteiger charge is -2.23. The fourth-order valence-electron chi connectivity index (χ4n) is 2.39. The van der Waals surface area contributed by atoms with Crippen LogP contribution in [0.2, 0.25) is 0 Å². The van der Waals surface area contributed by atoms with Crippen molar-refractivity contribution in [2.45, 2.75) is 25.6 Å². The van der Waals surface area contributed by atoms with Crippen LogP contribution in [0.15, 0.2) is 48.5 Å². The van der Waals surface area contributed by atoms with E-state index in [0.29, 0.717) is 0 Å². The van der Waals surface area contributed by atoms with Crippen LogP contribution in [-0.2, 0) is 4.74 Å². The van der Waals surface area contributed by atoms with E-state index < -0.39 is 0 Å². The monoisotopic (exact) mass is 308 g/mol. The van der Waals surface area contributed by atoms with E-state index in [1.54, 1.807) is 7.11 Å². The molecule has 0 aromatic heterocycles. The summed E-state index contributed by atoms with van der Waals surface area (Å²) >= 11 is 0. The van der Waals surface area contributed by atoms with Gasteiger partial charge in [0, 0.05) is 17.5 Å². The molecule has 1 unspecified atom stereocenters. The quantitative estimate of drug-likeness (QED) is 0.802. The fourth-order valence-corrected chi connectivity index (χ4v) is 2.39. The van der Waals surface area contributed by atoms with Crippen molar-refractivity contribution in [3.63, 3.8) is 0 Å². The molecule has 1 fully saturated rings. The van der Waals surface area contributed by atoms with E-state index >= 15 is 0 Å². The van der Waals surface area contributed by atoms with Gasteiger partial charge in [-0.25, -0.2) is 0 Å². The summed E-state index contributed by atoms with van der Waals surface area (Å²) in [5.41, 5.74) is 1.92. The van der Waals surface area contributed by atoms with Crippen LogP contribution in [0.3, 0.4) is 0 Å². The molecule has 1 atom stereocenters. The van der Waals surface area contributed by atoms with Crippen molar-refractivity contribution in [2.24, 2.45) is 0 Å². The van der Waals surface area contributed by atoms with Crippen LogP contribution in [0.1, 0.15) is 30.4 Å². The number of benzene rings is 2. The lowest BCUT2D eigenvalue weighted by Crippen LogP contribution is -2.24. The molecule has 2 aromatic carbocycles.